The molecule has 3 rings (SSSR count). The first kappa shape index (κ1) is 19.9. The van der Waals surface area contributed by atoms with Crippen LogP contribution in [-0.4, -0.2) is 44.9 Å². The Morgan fingerprint density at radius 3 is 2.61 bits per heavy atom. The second-order valence-corrected chi connectivity index (χ2v) is 7.53. The molecule has 3 atom stereocenters. The van der Waals surface area contributed by atoms with E-state index in [1.54, 1.807) is 27.9 Å². The fourth-order valence-corrected chi connectivity index (χ4v) is 3.74. The summed E-state index contributed by atoms with van der Waals surface area (Å²) in [5.74, 6) is -1.58. The van der Waals surface area contributed by atoms with Crippen LogP contribution >= 0.6 is 0 Å². The maximum Gasteiger partial charge on any atom is 0.317 e. The summed E-state index contributed by atoms with van der Waals surface area (Å²) in [4.78, 5) is 25.6. The third kappa shape index (κ3) is 4.16. The van der Waals surface area contributed by atoms with E-state index in [4.69, 9.17) is 0 Å². The van der Waals surface area contributed by atoms with Gasteiger partial charge in [0, 0.05) is 24.3 Å². The summed E-state index contributed by atoms with van der Waals surface area (Å²) < 4.78 is 14.8. The van der Waals surface area contributed by atoms with E-state index < -0.39 is 11.9 Å². The number of nitrogens with one attached hydrogen (secondary N) is 1. The van der Waals surface area contributed by atoms with Gasteiger partial charge in [0.1, 0.15) is 5.82 Å². The van der Waals surface area contributed by atoms with Crippen molar-refractivity contribution < 1.29 is 19.1 Å². The predicted molar refractivity (Wildman–Crippen MR) is 102 cm³/mol. The standard InChI is InChI=1S/C20H25FN4O3/c1-12-8-15(19(26)27)11-24(10-12)20(28)23-13(2)18-9-22-25(14(18)3)17-6-4-16(21)5-7-17/h4-7,9,12-13,15H,8,10-11H2,1-3H3,(H,23,28)(H,26,27). The lowest BCUT2D eigenvalue weighted by atomic mass is 9.91. The summed E-state index contributed by atoms with van der Waals surface area (Å²) in [5.41, 5.74) is 2.42. The molecule has 2 aromatic rings. The van der Waals surface area contributed by atoms with Crippen molar-refractivity contribution in [2.75, 3.05) is 13.1 Å². The fraction of sp³-hybridized carbons (Fsp3) is 0.450. The predicted octanol–water partition coefficient (Wildman–Crippen LogP) is 3.13. The van der Waals surface area contributed by atoms with Gasteiger partial charge in [-0.1, -0.05) is 6.92 Å². The van der Waals surface area contributed by atoms with Gasteiger partial charge < -0.3 is 15.3 Å². The molecule has 0 saturated carbocycles. The number of piperidine rings is 1. The molecule has 0 radical (unpaired) electrons. The Morgan fingerprint density at radius 2 is 1.96 bits per heavy atom. The molecule has 2 amide bonds. The van der Waals surface area contributed by atoms with Gasteiger partial charge in [-0.15, -0.1) is 0 Å². The number of aliphatic carboxylic acids is 1. The molecular formula is C20H25FN4O3. The highest BCUT2D eigenvalue weighted by Gasteiger charge is 2.32. The Kier molecular flexibility index (Phi) is 5.67. The first-order valence-electron chi connectivity index (χ1n) is 9.35. The van der Waals surface area contributed by atoms with Gasteiger partial charge in [0.25, 0.3) is 0 Å². The van der Waals surface area contributed by atoms with E-state index >= 15 is 0 Å². The molecule has 2 heterocycles. The van der Waals surface area contributed by atoms with Crippen molar-refractivity contribution in [2.45, 2.75) is 33.2 Å². The zero-order chi connectivity index (χ0) is 20.4. The van der Waals surface area contributed by atoms with Crippen LogP contribution in [0.3, 0.4) is 0 Å². The van der Waals surface area contributed by atoms with E-state index in [1.807, 2.05) is 20.8 Å². The summed E-state index contributed by atoms with van der Waals surface area (Å²) >= 11 is 0. The second kappa shape index (κ2) is 8.00. The van der Waals surface area contributed by atoms with Crippen molar-refractivity contribution in [3.63, 3.8) is 0 Å². The lowest BCUT2D eigenvalue weighted by Crippen LogP contribution is -2.49. The molecule has 3 unspecified atom stereocenters. The number of halogens is 1. The van der Waals surface area contributed by atoms with Crippen molar-refractivity contribution in [1.29, 1.82) is 0 Å². The molecule has 8 heteroatoms. The van der Waals surface area contributed by atoms with Gasteiger partial charge in [-0.2, -0.15) is 5.10 Å². The van der Waals surface area contributed by atoms with Crippen LogP contribution in [0.25, 0.3) is 5.69 Å². The molecule has 1 aromatic carbocycles. The quantitative estimate of drug-likeness (QED) is 0.842. The first-order valence-corrected chi connectivity index (χ1v) is 9.35. The number of benzene rings is 1. The molecule has 150 valence electrons. The minimum absolute atomic E-state index is 0.138. The number of likely N-dealkylation sites (tertiary alicyclic amines) is 1. The molecule has 1 fully saturated rings. The Balaban J connectivity index is 1.71. The van der Waals surface area contributed by atoms with Gasteiger partial charge in [0.15, 0.2) is 0 Å². The molecule has 2 N–H and O–H groups in total. The first-order chi connectivity index (χ1) is 13.3. The smallest absolute Gasteiger partial charge is 0.317 e. The maximum atomic E-state index is 13.1. The number of amides is 2. The lowest BCUT2D eigenvalue weighted by Gasteiger charge is -2.35. The van der Waals surface area contributed by atoms with E-state index in [1.165, 1.54) is 12.1 Å². The van der Waals surface area contributed by atoms with Crippen LogP contribution < -0.4 is 5.32 Å². The van der Waals surface area contributed by atoms with Gasteiger partial charge in [-0.25, -0.2) is 13.9 Å². The number of rotatable bonds is 4. The maximum absolute atomic E-state index is 13.1. The van der Waals surface area contributed by atoms with Gasteiger partial charge in [-0.05, 0) is 50.5 Å². The molecule has 1 aliphatic rings. The number of hydrogen-bond acceptors (Lipinski definition) is 3. The average Bonchev–Trinajstić information content (AvgIpc) is 3.03. The molecule has 28 heavy (non-hydrogen) atoms. The Labute approximate surface area is 163 Å². The lowest BCUT2D eigenvalue weighted by molar-refractivity contribution is -0.143. The molecule has 0 bridgehead atoms. The fourth-order valence-electron chi connectivity index (χ4n) is 3.74. The third-order valence-corrected chi connectivity index (χ3v) is 5.22. The van der Waals surface area contributed by atoms with E-state index in [-0.39, 0.29) is 30.4 Å². The van der Waals surface area contributed by atoms with Crippen molar-refractivity contribution in [2.24, 2.45) is 11.8 Å². The number of carbonyl (C=O) groups is 2. The summed E-state index contributed by atoms with van der Waals surface area (Å²) in [7, 11) is 0. The number of carboxylic acids is 1. The van der Waals surface area contributed by atoms with Crippen molar-refractivity contribution in [3.8, 4) is 5.69 Å². The largest absolute Gasteiger partial charge is 0.481 e. The highest BCUT2D eigenvalue weighted by molar-refractivity contribution is 5.77. The van der Waals surface area contributed by atoms with Gasteiger partial charge >= 0.3 is 12.0 Å². The van der Waals surface area contributed by atoms with Crippen molar-refractivity contribution >= 4 is 12.0 Å². The summed E-state index contributed by atoms with van der Waals surface area (Å²) in [6.45, 7) is 6.45. The Hall–Kier alpha value is -2.90. The van der Waals surface area contributed by atoms with Crippen LogP contribution in [0.5, 0.6) is 0 Å². The molecule has 0 spiro atoms. The number of urea groups is 1. The monoisotopic (exact) mass is 388 g/mol. The van der Waals surface area contributed by atoms with Crippen LogP contribution in [0.4, 0.5) is 9.18 Å². The molecule has 1 saturated heterocycles. The van der Waals surface area contributed by atoms with E-state index in [0.29, 0.717) is 13.0 Å². The summed E-state index contributed by atoms with van der Waals surface area (Å²) in [6.07, 6.45) is 2.26. The minimum Gasteiger partial charge on any atom is -0.481 e. The summed E-state index contributed by atoms with van der Waals surface area (Å²) in [6, 6.07) is 5.45. The van der Waals surface area contributed by atoms with Crippen LogP contribution in [-0.2, 0) is 4.79 Å². The third-order valence-electron chi connectivity index (χ3n) is 5.22. The normalized spacial score (nSPS) is 20.6. The SMILES string of the molecule is Cc1c(C(C)NC(=O)N2CC(C)CC(C(=O)O)C2)cnn1-c1ccc(F)cc1. The minimum atomic E-state index is -0.867. The van der Waals surface area contributed by atoms with Crippen molar-refractivity contribution in [3.05, 3.63) is 47.5 Å². The molecule has 7 nitrogen and oxygen atoms in total. The van der Waals surface area contributed by atoms with E-state index in [0.717, 1.165) is 16.9 Å². The molecular weight excluding hydrogens is 363 g/mol. The van der Waals surface area contributed by atoms with E-state index in [9.17, 15) is 19.1 Å². The van der Waals surface area contributed by atoms with Crippen LogP contribution in [0.1, 0.15) is 37.6 Å². The van der Waals surface area contributed by atoms with Crippen LogP contribution in [0, 0.1) is 24.6 Å². The number of nitrogens with zero attached hydrogens (tertiary/aromatic N) is 3. The topological polar surface area (TPSA) is 87.5 Å². The van der Waals surface area contributed by atoms with Gasteiger partial charge in [0.2, 0.25) is 0 Å². The number of carboxylic acid groups (broad SMARTS) is 1. The van der Waals surface area contributed by atoms with Crippen molar-refractivity contribution in [1.82, 2.24) is 20.0 Å². The highest BCUT2D eigenvalue weighted by atomic mass is 19.1. The van der Waals surface area contributed by atoms with Gasteiger partial charge in [-0.3, -0.25) is 4.79 Å². The highest BCUT2D eigenvalue weighted by Crippen LogP contribution is 2.24. The van der Waals surface area contributed by atoms with Gasteiger partial charge in [0.05, 0.1) is 23.8 Å². The zero-order valence-electron chi connectivity index (χ0n) is 16.2. The Morgan fingerprint density at radius 1 is 1.29 bits per heavy atom. The number of aromatic nitrogens is 2. The molecule has 0 aliphatic carbocycles. The number of hydrogen-bond donors (Lipinski definition) is 2. The van der Waals surface area contributed by atoms with E-state index in [2.05, 4.69) is 10.4 Å². The number of carbonyl (C=O) groups excluding carboxylic acids is 1. The molecule has 1 aromatic heterocycles. The molecule has 1 aliphatic heterocycles. The van der Waals surface area contributed by atoms with Crippen LogP contribution in [0.2, 0.25) is 0 Å². The van der Waals surface area contributed by atoms with Crippen LogP contribution in [0.15, 0.2) is 30.5 Å². The summed E-state index contributed by atoms with van der Waals surface area (Å²) in [5, 5.41) is 16.6. The second-order valence-electron chi connectivity index (χ2n) is 7.53. The Bertz CT molecular complexity index is 865. The average molecular weight is 388 g/mol. The zero-order valence-corrected chi connectivity index (χ0v) is 16.2.